The molecule has 108 heavy (non-hydrogen) atoms. The maximum atomic E-state index is 15.0. The summed E-state index contributed by atoms with van der Waals surface area (Å²) in [4.78, 5) is 27.7. The number of carboxylic acids is 2. The highest BCUT2D eigenvalue weighted by Crippen LogP contribution is 2.50. The molecule has 15 rings (SSSR count). The number of hydrogen-bond donors (Lipinski definition) is 5. The minimum atomic E-state index is -2.53. The molecule has 2 atom stereocenters. The number of fused-ring (bicyclic) bond motifs is 6. The smallest absolute Gasteiger partial charge is 0.335 e. The van der Waals surface area contributed by atoms with Crippen LogP contribution in [-0.4, -0.2) is 84.8 Å². The molecule has 0 saturated carbocycles. The number of nitrogens with zero attached hydrogens (tertiary/aromatic N) is 10. The lowest BCUT2D eigenvalue weighted by atomic mass is 9.81. The van der Waals surface area contributed by atoms with Crippen LogP contribution in [-0.2, 0) is 27.4 Å². The summed E-state index contributed by atoms with van der Waals surface area (Å²) < 4.78 is 34.6. The van der Waals surface area contributed by atoms with Gasteiger partial charge in [0.1, 0.15) is 18.4 Å². The number of benzene rings is 8. The number of aromatic nitrogens is 10. The van der Waals surface area contributed by atoms with Gasteiger partial charge in [0, 0.05) is 130 Å². The molecule has 0 fully saturated rings. The number of pyridine rings is 1. The van der Waals surface area contributed by atoms with Crippen LogP contribution >= 0.6 is 18.7 Å². The number of nitrogens with one attached hydrogen (secondary N) is 3. The molecule has 0 spiro atoms. The topological polar surface area (TPSA) is 277 Å². The number of carbonyl (C=O) groups is 2. The number of rotatable bonds is 18. The second-order valence-electron chi connectivity index (χ2n) is 30.0. The first-order valence-electron chi connectivity index (χ1n) is 35.4. The van der Waals surface area contributed by atoms with Gasteiger partial charge in [-0.25, -0.2) is 14.0 Å². The third kappa shape index (κ3) is 13.9. The van der Waals surface area contributed by atoms with Gasteiger partial charge in [-0.1, -0.05) is 144 Å². The zero-order valence-electron chi connectivity index (χ0n) is 61.8. The van der Waals surface area contributed by atoms with Crippen LogP contribution in [0.25, 0.3) is 98.8 Å². The normalized spacial score (nSPS) is 12.5. The van der Waals surface area contributed by atoms with Crippen molar-refractivity contribution in [2.24, 2.45) is 0 Å². The van der Waals surface area contributed by atoms with Gasteiger partial charge in [-0.05, 0) is 141 Å². The van der Waals surface area contributed by atoms with Crippen molar-refractivity contribution in [2.75, 3.05) is 13.3 Å². The van der Waals surface area contributed by atoms with Crippen LogP contribution < -0.4 is 5.44 Å². The molecule has 5 N–H and O–H groups in total. The fourth-order valence-electron chi connectivity index (χ4n) is 15.5. The van der Waals surface area contributed by atoms with Crippen molar-refractivity contribution >= 4 is 102 Å². The summed E-state index contributed by atoms with van der Waals surface area (Å²) in [6.07, 6.45) is 8.13. The molecular weight excluding hydrogens is 1390 g/mol. The highest BCUT2D eigenvalue weighted by atomic mass is 35.5. The second-order valence-corrected chi connectivity index (χ2v) is 33.5. The summed E-state index contributed by atoms with van der Waals surface area (Å²) in [5, 5.41) is 76.5. The fourth-order valence-corrected chi connectivity index (χ4v) is 16.9. The van der Waals surface area contributed by atoms with E-state index in [0.29, 0.717) is 35.4 Å². The summed E-state index contributed by atoms with van der Waals surface area (Å²) in [5.74, 6) is -2.25. The fraction of sp³-hybridized carbons (Fsp3) is 0.230. The summed E-state index contributed by atoms with van der Waals surface area (Å²) in [5.41, 5.74) is 17.4. The quantitative estimate of drug-likeness (QED) is 0.0502. The van der Waals surface area contributed by atoms with E-state index in [1.807, 2.05) is 119 Å². The average Bonchev–Trinajstić information content (AvgIpc) is 1.58. The number of carboxylic acid groups (broad SMARTS) is 2. The Morgan fingerprint density at radius 3 is 1.40 bits per heavy atom. The first-order valence-corrected chi connectivity index (χ1v) is 38.4. The van der Waals surface area contributed by atoms with Crippen LogP contribution in [0.4, 0.5) is 4.39 Å². The number of halogens is 2. The zero-order valence-corrected chi connectivity index (χ0v) is 63.4. The summed E-state index contributed by atoms with van der Waals surface area (Å²) in [7, 11) is -2.53. The zero-order chi connectivity index (χ0) is 76.9. The Balaban J connectivity index is 0.000000143. The molecule has 21 heteroatoms. The van der Waals surface area contributed by atoms with Crippen LogP contribution in [0.3, 0.4) is 0 Å². The minimum Gasteiger partial charge on any atom is -0.478 e. The molecule has 542 valence electrons. The third-order valence-corrected chi connectivity index (χ3v) is 22.5. The van der Waals surface area contributed by atoms with Crippen molar-refractivity contribution in [1.82, 2.24) is 49.3 Å². The molecule has 8 aromatic carbocycles. The summed E-state index contributed by atoms with van der Waals surface area (Å²) in [6.45, 7) is 22.6. The Morgan fingerprint density at radius 2 is 0.954 bits per heavy atom. The van der Waals surface area contributed by atoms with Gasteiger partial charge >= 0.3 is 11.9 Å². The van der Waals surface area contributed by atoms with E-state index in [-0.39, 0.29) is 35.4 Å². The van der Waals surface area contributed by atoms with E-state index >= 15 is 4.39 Å². The molecule has 15 aromatic rings. The Hall–Kier alpha value is -12.2. The standard InChI is InChI=1S/C29H29ClN5OP.C29H25FN4O2.C29H26N4O2/c1-18-12-21(15-32-28(18)37(4,5)36)26-22-14-24-20(16-33-34-24)13-25(22)35(27(26)29(2,3)10-11-31)17-19-8-6-7-9-23(19)30;1-17(21-6-4-5-7-23(21)30)34-25-14-20-16-32-33-24(20)15-22(25)26(27(34)29(2,3)12-13-31)18-8-10-19(11-9-18)28(35)36;1-18(19-7-5-4-6-8-19)33-25-15-22-17-31-32-24(22)16-23(25)26(27(33)29(2,3)13-14-30)20-9-11-21(12-10-20)28(34)35/h6-9,12-16H,10,17H2,1-5H3,(H,33,34);4-11,14-17H,12H2,1-3H3,(H,32,33)(H,35,36);4-12,15-18H,13H2,1-3H3,(H,31,32)(H,34,35). The molecule has 0 radical (unpaired) electrons. The molecule has 7 aromatic heterocycles. The Morgan fingerprint density at radius 1 is 0.537 bits per heavy atom. The van der Waals surface area contributed by atoms with Gasteiger partial charge in [0.25, 0.3) is 0 Å². The van der Waals surface area contributed by atoms with E-state index < -0.39 is 35.3 Å². The van der Waals surface area contributed by atoms with E-state index in [1.54, 1.807) is 68.1 Å². The van der Waals surface area contributed by atoms with E-state index in [0.717, 1.165) is 127 Å². The molecule has 0 amide bonds. The largest absolute Gasteiger partial charge is 0.478 e. The van der Waals surface area contributed by atoms with Gasteiger partial charge in [-0.3, -0.25) is 20.3 Å². The van der Waals surface area contributed by atoms with Crippen molar-refractivity contribution in [3.8, 4) is 51.6 Å². The van der Waals surface area contributed by atoms with Crippen molar-refractivity contribution in [3.63, 3.8) is 0 Å². The minimum absolute atomic E-state index is 0.00283. The lowest BCUT2D eigenvalue weighted by Crippen LogP contribution is -2.24. The second kappa shape index (κ2) is 29.3. The maximum Gasteiger partial charge on any atom is 0.335 e. The van der Waals surface area contributed by atoms with Gasteiger partial charge in [-0.2, -0.15) is 31.1 Å². The Kier molecular flexibility index (Phi) is 20.1. The lowest BCUT2D eigenvalue weighted by Gasteiger charge is -2.30. The van der Waals surface area contributed by atoms with Crippen LogP contribution in [0.1, 0.15) is 147 Å². The van der Waals surface area contributed by atoms with E-state index in [1.165, 1.54) is 11.6 Å². The number of nitriles is 3. The van der Waals surface area contributed by atoms with E-state index in [9.17, 15) is 40.2 Å². The maximum absolute atomic E-state index is 15.0. The van der Waals surface area contributed by atoms with Gasteiger partial charge in [0.2, 0.25) is 0 Å². The van der Waals surface area contributed by atoms with Crippen LogP contribution in [0, 0.1) is 46.7 Å². The third-order valence-electron chi connectivity index (χ3n) is 20.6. The molecule has 0 aliphatic rings. The molecule has 2 unspecified atom stereocenters. The summed E-state index contributed by atoms with van der Waals surface area (Å²) >= 11 is 6.62. The molecule has 0 saturated heterocycles. The monoisotopic (exact) mass is 1470 g/mol. The van der Waals surface area contributed by atoms with Crippen molar-refractivity contribution < 1.29 is 28.8 Å². The number of hydrogen-bond acceptors (Lipinski definition) is 10. The molecule has 0 bridgehead atoms. The highest BCUT2D eigenvalue weighted by molar-refractivity contribution is 7.70. The van der Waals surface area contributed by atoms with Crippen LogP contribution in [0.15, 0.2) is 195 Å². The van der Waals surface area contributed by atoms with Crippen LogP contribution in [0.2, 0.25) is 5.02 Å². The van der Waals surface area contributed by atoms with Gasteiger partial charge in [0.05, 0.1) is 93.1 Å². The summed E-state index contributed by atoms with van der Waals surface area (Å²) in [6, 6.07) is 60.0. The number of aryl methyl sites for hydroxylation is 1. The molecule has 7 heterocycles. The Labute approximate surface area is 629 Å². The van der Waals surface area contributed by atoms with Crippen molar-refractivity contribution in [1.29, 1.82) is 15.8 Å². The van der Waals surface area contributed by atoms with E-state index in [4.69, 9.17) is 11.6 Å². The van der Waals surface area contributed by atoms with Crippen molar-refractivity contribution in [3.05, 3.63) is 256 Å². The number of aromatic amines is 3. The Bertz CT molecular complexity index is 6190. The predicted molar refractivity (Wildman–Crippen MR) is 427 cm³/mol. The first kappa shape index (κ1) is 74.1. The van der Waals surface area contributed by atoms with Crippen molar-refractivity contribution in [2.45, 2.75) is 116 Å². The molecule has 18 nitrogen and oxygen atoms in total. The molecule has 0 aliphatic heterocycles. The average molecular weight is 1470 g/mol. The predicted octanol–water partition coefficient (Wildman–Crippen LogP) is 20.5. The van der Waals surface area contributed by atoms with Gasteiger partial charge in [0.15, 0.2) is 0 Å². The van der Waals surface area contributed by atoms with E-state index in [2.05, 4.69) is 145 Å². The van der Waals surface area contributed by atoms with Gasteiger partial charge in [-0.15, -0.1) is 0 Å². The highest BCUT2D eigenvalue weighted by Gasteiger charge is 2.37. The first-order chi connectivity index (χ1) is 51.5. The lowest BCUT2D eigenvalue weighted by molar-refractivity contribution is 0.0686. The SMILES string of the molecule is CC(c1ccccc1)n1c(C(C)(C)CC#N)c(-c2ccc(C(=O)O)cc2)c2cc3[nH]ncc3cc21.CC(c1ccccc1F)n1c(C(C)(C)CC#N)c(-c2ccc(C(=O)O)cc2)c2cc3[nH]ncc3cc21.Cc1cc(-c2c(C(C)(C)CC#N)n(Cc3ccccc3Cl)c3cc4cn[nH]c4cc23)cnc1P(C)(C)=O. The molecular formula is C87H80ClFN13O5P. The number of H-pyrrole nitrogens is 3. The van der Waals surface area contributed by atoms with Crippen LogP contribution in [0.5, 0.6) is 0 Å². The van der Waals surface area contributed by atoms with Gasteiger partial charge < -0.3 is 28.5 Å². The number of aromatic carboxylic acids is 2. The molecule has 0 aliphatic carbocycles.